The highest BCUT2D eigenvalue weighted by Crippen LogP contribution is 2.25. The third kappa shape index (κ3) is 3.09. The zero-order valence-electron chi connectivity index (χ0n) is 11.5. The van der Waals surface area contributed by atoms with Crippen LogP contribution in [-0.4, -0.2) is 18.2 Å². The first kappa shape index (κ1) is 13.9. The maximum absolute atomic E-state index is 11.5. The maximum atomic E-state index is 11.5. The summed E-state index contributed by atoms with van der Waals surface area (Å²) in [6.07, 6.45) is 0. The molecule has 0 fully saturated rings. The number of hydrogen-bond acceptors (Lipinski definition) is 3. The van der Waals surface area contributed by atoms with Crippen molar-refractivity contribution in [3.8, 4) is 5.75 Å². The number of methoxy groups -OCH3 is 1. The van der Waals surface area contributed by atoms with E-state index >= 15 is 0 Å². The molecule has 2 aromatic rings. The van der Waals surface area contributed by atoms with Crippen LogP contribution in [0.1, 0.15) is 17.2 Å². The summed E-state index contributed by atoms with van der Waals surface area (Å²) in [6.45, 7) is 1.90. The second kappa shape index (κ2) is 6.10. The van der Waals surface area contributed by atoms with Gasteiger partial charge in [-0.05, 0) is 30.2 Å². The molecule has 4 nitrogen and oxygen atoms in total. The third-order valence-corrected chi connectivity index (χ3v) is 3.13. The Morgan fingerprint density at radius 3 is 2.60 bits per heavy atom. The minimum absolute atomic E-state index is 0.684. The molecule has 4 heteroatoms. The topological polar surface area (TPSA) is 58.6 Å². The molecule has 104 valence electrons. The van der Waals surface area contributed by atoms with Crippen molar-refractivity contribution in [3.63, 3.8) is 0 Å². The van der Waals surface area contributed by atoms with Crippen molar-refractivity contribution in [3.05, 3.63) is 59.7 Å². The van der Waals surface area contributed by atoms with E-state index in [0.717, 1.165) is 11.1 Å². The van der Waals surface area contributed by atoms with Gasteiger partial charge in [0.05, 0.1) is 7.11 Å². The Bertz CT molecular complexity index is 610. The van der Waals surface area contributed by atoms with Crippen LogP contribution in [0.25, 0.3) is 0 Å². The van der Waals surface area contributed by atoms with Crippen LogP contribution in [0.15, 0.2) is 48.5 Å². The van der Waals surface area contributed by atoms with E-state index in [2.05, 4.69) is 5.32 Å². The van der Waals surface area contributed by atoms with Crippen molar-refractivity contribution < 1.29 is 14.6 Å². The van der Waals surface area contributed by atoms with Crippen LogP contribution in [0.4, 0.5) is 5.69 Å². The number of carboxylic acid groups (broad SMARTS) is 1. The molecule has 1 unspecified atom stereocenters. The van der Waals surface area contributed by atoms with Gasteiger partial charge >= 0.3 is 5.97 Å². The zero-order chi connectivity index (χ0) is 14.5. The minimum Gasteiger partial charge on any atom is -0.497 e. The molecule has 0 aliphatic heterocycles. The number of ether oxygens (including phenoxy) is 1. The van der Waals surface area contributed by atoms with E-state index in [-0.39, 0.29) is 0 Å². The Morgan fingerprint density at radius 2 is 1.95 bits per heavy atom. The second-order valence-electron chi connectivity index (χ2n) is 4.50. The molecule has 0 amide bonds. The molecule has 0 aliphatic rings. The average Bonchev–Trinajstić information content (AvgIpc) is 2.45. The van der Waals surface area contributed by atoms with E-state index in [1.54, 1.807) is 13.2 Å². The van der Waals surface area contributed by atoms with Crippen LogP contribution < -0.4 is 10.1 Å². The molecule has 2 aromatic carbocycles. The molecule has 0 aliphatic carbocycles. The lowest BCUT2D eigenvalue weighted by Crippen LogP contribution is -2.21. The summed E-state index contributed by atoms with van der Waals surface area (Å²) in [7, 11) is 1.58. The van der Waals surface area contributed by atoms with Crippen molar-refractivity contribution in [2.75, 3.05) is 12.4 Å². The van der Waals surface area contributed by atoms with Gasteiger partial charge in [0.25, 0.3) is 0 Å². The van der Waals surface area contributed by atoms with Gasteiger partial charge in [-0.1, -0.05) is 30.3 Å². The molecule has 0 radical (unpaired) electrons. The fourth-order valence-corrected chi connectivity index (χ4v) is 2.06. The van der Waals surface area contributed by atoms with Gasteiger partial charge in [-0.15, -0.1) is 0 Å². The van der Waals surface area contributed by atoms with Crippen molar-refractivity contribution in [2.45, 2.75) is 13.0 Å². The highest BCUT2D eigenvalue weighted by Gasteiger charge is 2.21. The number of carboxylic acids is 1. The van der Waals surface area contributed by atoms with E-state index in [1.165, 1.54) is 0 Å². The van der Waals surface area contributed by atoms with Crippen LogP contribution in [0.3, 0.4) is 0 Å². The summed E-state index contributed by atoms with van der Waals surface area (Å²) in [4.78, 5) is 11.5. The molecule has 0 bridgehead atoms. The van der Waals surface area contributed by atoms with Crippen LogP contribution in [0.2, 0.25) is 0 Å². The van der Waals surface area contributed by atoms with E-state index in [9.17, 15) is 9.90 Å². The lowest BCUT2D eigenvalue weighted by Gasteiger charge is -2.18. The minimum atomic E-state index is -0.915. The number of anilines is 1. The molecular formula is C16H17NO3. The zero-order valence-corrected chi connectivity index (χ0v) is 11.5. The van der Waals surface area contributed by atoms with Gasteiger partial charge in [0, 0.05) is 11.8 Å². The SMILES string of the molecule is COc1cccc(NC(C(=O)O)c2ccccc2C)c1. The van der Waals surface area contributed by atoms with Gasteiger partial charge in [-0.2, -0.15) is 0 Å². The lowest BCUT2D eigenvalue weighted by atomic mass is 10.0. The van der Waals surface area contributed by atoms with E-state index in [1.807, 2.05) is 49.4 Å². The van der Waals surface area contributed by atoms with Gasteiger partial charge < -0.3 is 15.2 Å². The smallest absolute Gasteiger partial charge is 0.330 e. The Morgan fingerprint density at radius 1 is 1.20 bits per heavy atom. The van der Waals surface area contributed by atoms with Crippen LogP contribution >= 0.6 is 0 Å². The molecule has 1 atom stereocenters. The van der Waals surface area contributed by atoms with Gasteiger partial charge in [0.2, 0.25) is 0 Å². The molecule has 0 saturated carbocycles. The van der Waals surface area contributed by atoms with E-state index < -0.39 is 12.0 Å². The molecule has 2 rings (SSSR count). The standard InChI is InChI=1S/C16H17NO3/c1-11-6-3-4-9-14(11)15(16(18)19)17-12-7-5-8-13(10-12)20-2/h3-10,15,17H,1-2H3,(H,18,19). The molecular weight excluding hydrogens is 254 g/mol. The van der Waals surface area contributed by atoms with Crippen molar-refractivity contribution in [2.24, 2.45) is 0 Å². The molecule has 0 spiro atoms. The average molecular weight is 271 g/mol. The van der Waals surface area contributed by atoms with Crippen molar-refractivity contribution in [1.29, 1.82) is 0 Å². The predicted octanol–water partition coefficient (Wildman–Crippen LogP) is 3.24. The summed E-state index contributed by atoms with van der Waals surface area (Å²) >= 11 is 0. The first-order valence-electron chi connectivity index (χ1n) is 6.30. The van der Waals surface area contributed by atoms with Crippen LogP contribution in [0.5, 0.6) is 5.75 Å². The number of aryl methyl sites for hydroxylation is 1. The summed E-state index contributed by atoms with van der Waals surface area (Å²) in [5.74, 6) is -0.231. The van der Waals surface area contributed by atoms with E-state index in [0.29, 0.717) is 11.4 Å². The third-order valence-electron chi connectivity index (χ3n) is 3.13. The number of carbonyl (C=O) groups is 1. The number of nitrogens with one attached hydrogen (secondary N) is 1. The number of rotatable bonds is 5. The number of aliphatic carboxylic acids is 1. The van der Waals surface area contributed by atoms with Crippen molar-refractivity contribution >= 4 is 11.7 Å². The summed E-state index contributed by atoms with van der Waals surface area (Å²) in [6, 6.07) is 13.9. The Hall–Kier alpha value is -2.49. The fraction of sp³-hybridized carbons (Fsp3) is 0.188. The predicted molar refractivity (Wildman–Crippen MR) is 78.2 cm³/mol. The highest BCUT2D eigenvalue weighted by molar-refractivity contribution is 5.80. The van der Waals surface area contributed by atoms with E-state index in [4.69, 9.17) is 4.74 Å². The largest absolute Gasteiger partial charge is 0.497 e. The number of hydrogen-bond donors (Lipinski definition) is 2. The molecule has 0 aromatic heterocycles. The molecule has 0 saturated heterocycles. The first-order chi connectivity index (χ1) is 9.61. The normalized spacial score (nSPS) is 11.7. The maximum Gasteiger partial charge on any atom is 0.330 e. The van der Waals surface area contributed by atoms with Crippen molar-refractivity contribution in [1.82, 2.24) is 0 Å². The monoisotopic (exact) mass is 271 g/mol. The summed E-state index contributed by atoms with van der Waals surface area (Å²) in [5, 5.41) is 12.5. The van der Waals surface area contributed by atoms with Gasteiger partial charge in [-0.3, -0.25) is 0 Å². The summed E-state index contributed by atoms with van der Waals surface area (Å²) in [5.41, 5.74) is 2.40. The quantitative estimate of drug-likeness (QED) is 0.876. The highest BCUT2D eigenvalue weighted by atomic mass is 16.5. The second-order valence-corrected chi connectivity index (χ2v) is 4.50. The fourth-order valence-electron chi connectivity index (χ4n) is 2.06. The van der Waals surface area contributed by atoms with Gasteiger partial charge in [-0.25, -0.2) is 4.79 Å². The first-order valence-corrected chi connectivity index (χ1v) is 6.30. The Balaban J connectivity index is 2.31. The van der Waals surface area contributed by atoms with Crippen LogP contribution in [0, 0.1) is 6.92 Å². The molecule has 0 heterocycles. The lowest BCUT2D eigenvalue weighted by molar-refractivity contribution is -0.138. The molecule has 2 N–H and O–H groups in total. The van der Waals surface area contributed by atoms with Gasteiger partial charge in [0.1, 0.15) is 5.75 Å². The Kier molecular flexibility index (Phi) is 4.25. The van der Waals surface area contributed by atoms with Crippen LogP contribution in [-0.2, 0) is 4.79 Å². The number of benzene rings is 2. The van der Waals surface area contributed by atoms with Gasteiger partial charge in [0.15, 0.2) is 6.04 Å². The Labute approximate surface area is 118 Å². The molecule has 20 heavy (non-hydrogen) atoms. The summed E-state index contributed by atoms with van der Waals surface area (Å²) < 4.78 is 5.14.